The summed E-state index contributed by atoms with van der Waals surface area (Å²) < 4.78 is 0. The molecule has 0 saturated heterocycles. The van der Waals surface area contributed by atoms with Gasteiger partial charge in [-0.1, -0.05) is 30.3 Å². The summed E-state index contributed by atoms with van der Waals surface area (Å²) in [5.74, 6) is 1.000. The molecule has 3 rings (SSSR count). The Morgan fingerprint density at radius 3 is 2.81 bits per heavy atom. The van der Waals surface area contributed by atoms with Gasteiger partial charge in [-0.25, -0.2) is 10.0 Å². The molecule has 82 valence electrons. The summed E-state index contributed by atoms with van der Waals surface area (Å²) in [7, 11) is 1.96. The van der Waals surface area contributed by atoms with Crippen molar-refractivity contribution >= 4 is 11.7 Å². The highest BCUT2D eigenvalue weighted by atomic mass is 15.6. The first-order valence-electron chi connectivity index (χ1n) is 5.50. The van der Waals surface area contributed by atoms with E-state index < -0.39 is 0 Å². The van der Waals surface area contributed by atoms with Crippen LogP contribution in [0.4, 0.5) is 0 Å². The van der Waals surface area contributed by atoms with E-state index in [2.05, 4.69) is 27.1 Å². The number of benzene rings is 1. The quantitative estimate of drug-likeness (QED) is 0.698. The van der Waals surface area contributed by atoms with Crippen LogP contribution in [0.15, 0.2) is 40.4 Å². The van der Waals surface area contributed by atoms with Crippen molar-refractivity contribution in [1.82, 2.24) is 9.91 Å². The van der Waals surface area contributed by atoms with Gasteiger partial charge in [0.2, 0.25) is 5.96 Å². The topological polar surface area (TPSA) is 31.2 Å². The van der Waals surface area contributed by atoms with Gasteiger partial charge in [-0.15, -0.1) is 0 Å². The van der Waals surface area contributed by atoms with E-state index in [0.29, 0.717) is 0 Å². The molecule has 2 heterocycles. The second kappa shape index (κ2) is 3.63. The van der Waals surface area contributed by atoms with E-state index in [1.54, 1.807) is 0 Å². The molecule has 0 aromatic heterocycles. The fourth-order valence-corrected chi connectivity index (χ4v) is 2.15. The summed E-state index contributed by atoms with van der Waals surface area (Å²) in [6.07, 6.45) is 0. The molecule has 0 fully saturated rings. The van der Waals surface area contributed by atoms with Gasteiger partial charge in [0.15, 0.2) is 0 Å². The molecule has 0 saturated carbocycles. The average Bonchev–Trinajstić information content (AvgIpc) is 2.79. The maximum absolute atomic E-state index is 4.57. The third kappa shape index (κ3) is 1.46. The van der Waals surface area contributed by atoms with Crippen LogP contribution in [-0.2, 0) is 0 Å². The third-order valence-corrected chi connectivity index (χ3v) is 2.91. The van der Waals surface area contributed by atoms with E-state index in [-0.39, 0.29) is 0 Å². The number of hydrogen-bond donors (Lipinski definition) is 0. The van der Waals surface area contributed by atoms with E-state index in [0.717, 1.165) is 31.3 Å². The summed E-state index contributed by atoms with van der Waals surface area (Å²) in [6, 6.07) is 10.3. The van der Waals surface area contributed by atoms with Crippen LogP contribution in [0.5, 0.6) is 0 Å². The van der Waals surface area contributed by atoms with E-state index in [1.165, 1.54) is 5.56 Å². The predicted molar refractivity (Wildman–Crippen MR) is 64.6 cm³/mol. The number of guanidine groups is 1. The Balaban J connectivity index is 1.94. The SMILES string of the molecule is CN1N=C(c2ccccc2)CN2CCN=C21. The summed E-state index contributed by atoms with van der Waals surface area (Å²) in [5, 5.41) is 6.45. The lowest BCUT2D eigenvalue weighted by atomic mass is 10.1. The average molecular weight is 214 g/mol. The number of aliphatic imine (C=N–C) groups is 1. The van der Waals surface area contributed by atoms with Crippen molar-refractivity contribution < 1.29 is 0 Å². The molecule has 0 amide bonds. The fourth-order valence-electron chi connectivity index (χ4n) is 2.15. The first-order chi connectivity index (χ1) is 7.84. The van der Waals surface area contributed by atoms with Crippen molar-refractivity contribution in [3.63, 3.8) is 0 Å². The second-order valence-electron chi connectivity index (χ2n) is 4.04. The maximum atomic E-state index is 4.57. The zero-order chi connectivity index (χ0) is 11.0. The monoisotopic (exact) mass is 214 g/mol. The highest BCUT2D eigenvalue weighted by molar-refractivity contribution is 6.05. The first kappa shape index (κ1) is 9.39. The van der Waals surface area contributed by atoms with Gasteiger partial charge in [-0.2, -0.15) is 5.10 Å². The van der Waals surface area contributed by atoms with Gasteiger partial charge in [0.05, 0.1) is 18.8 Å². The smallest absolute Gasteiger partial charge is 0.217 e. The molecule has 0 bridgehead atoms. The Hall–Kier alpha value is -1.84. The van der Waals surface area contributed by atoms with Gasteiger partial charge in [0.25, 0.3) is 0 Å². The summed E-state index contributed by atoms with van der Waals surface area (Å²) in [6.45, 7) is 2.76. The van der Waals surface area contributed by atoms with Gasteiger partial charge in [-0.05, 0) is 5.56 Å². The summed E-state index contributed by atoms with van der Waals surface area (Å²) in [5.41, 5.74) is 2.31. The number of nitrogens with zero attached hydrogens (tertiary/aromatic N) is 4. The lowest BCUT2D eigenvalue weighted by Crippen LogP contribution is -2.45. The molecule has 2 aliphatic rings. The van der Waals surface area contributed by atoms with Crippen LogP contribution < -0.4 is 0 Å². The molecule has 0 spiro atoms. The molecule has 2 aliphatic heterocycles. The number of rotatable bonds is 1. The van der Waals surface area contributed by atoms with Gasteiger partial charge in [0, 0.05) is 13.6 Å². The van der Waals surface area contributed by atoms with Gasteiger partial charge < -0.3 is 4.90 Å². The van der Waals surface area contributed by atoms with Crippen molar-refractivity contribution in [3.8, 4) is 0 Å². The molecule has 16 heavy (non-hydrogen) atoms. The number of hydrogen-bond acceptors (Lipinski definition) is 4. The Bertz CT molecular complexity index is 449. The first-order valence-corrected chi connectivity index (χ1v) is 5.50. The minimum absolute atomic E-state index is 0.868. The van der Waals surface area contributed by atoms with Crippen LogP contribution in [0, 0.1) is 0 Å². The Kier molecular flexibility index (Phi) is 2.13. The van der Waals surface area contributed by atoms with Crippen LogP contribution in [0.25, 0.3) is 0 Å². The zero-order valence-corrected chi connectivity index (χ0v) is 9.30. The van der Waals surface area contributed by atoms with Crippen molar-refractivity contribution in [2.24, 2.45) is 10.1 Å². The molecule has 0 aliphatic carbocycles. The van der Waals surface area contributed by atoms with Crippen LogP contribution in [0.1, 0.15) is 5.56 Å². The van der Waals surface area contributed by atoms with E-state index in [9.17, 15) is 0 Å². The third-order valence-electron chi connectivity index (χ3n) is 2.91. The fraction of sp³-hybridized carbons (Fsp3) is 0.333. The van der Waals surface area contributed by atoms with Crippen molar-refractivity contribution in [1.29, 1.82) is 0 Å². The molecule has 0 radical (unpaired) electrons. The lowest BCUT2D eigenvalue weighted by molar-refractivity contribution is 0.393. The molecule has 1 aromatic rings. The van der Waals surface area contributed by atoms with Crippen LogP contribution >= 0.6 is 0 Å². The highest BCUT2D eigenvalue weighted by Crippen LogP contribution is 2.14. The predicted octanol–water partition coefficient (Wildman–Crippen LogP) is 1.01. The summed E-state index contributed by atoms with van der Waals surface area (Å²) in [4.78, 5) is 6.70. The molecule has 1 aromatic carbocycles. The molecule has 0 atom stereocenters. The Labute approximate surface area is 94.9 Å². The molecule has 0 N–H and O–H groups in total. The highest BCUT2D eigenvalue weighted by Gasteiger charge is 2.26. The van der Waals surface area contributed by atoms with Crippen LogP contribution in [-0.4, -0.2) is 48.3 Å². The molecule has 4 heteroatoms. The lowest BCUT2D eigenvalue weighted by Gasteiger charge is -2.30. The summed E-state index contributed by atoms with van der Waals surface area (Å²) >= 11 is 0. The Morgan fingerprint density at radius 2 is 2.00 bits per heavy atom. The van der Waals surface area contributed by atoms with Crippen molar-refractivity contribution in [2.45, 2.75) is 0 Å². The molecule has 0 unspecified atom stereocenters. The minimum atomic E-state index is 0.868. The van der Waals surface area contributed by atoms with E-state index >= 15 is 0 Å². The normalized spacial score (nSPS) is 19.3. The van der Waals surface area contributed by atoms with E-state index in [1.807, 2.05) is 30.3 Å². The molecular formula is C12H14N4. The van der Waals surface area contributed by atoms with Gasteiger partial charge in [-0.3, -0.25) is 0 Å². The van der Waals surface area contributed by atoms with Crippen molar-refractivity contribution in [2.75, 3.05) is 26.7 Å². The van der Waals surface area contributed by atoms with Crippen LogP contribution in [0.3, 0.4) is 0 Å². The zero-order valence-electron chi connectivity index (χ0n) is 9.30. The Morgan fingerprint density at radius 1 is 1.19 bits per heavy atom. The number of fused-ring (bicyclic) bond motifs is 1. The van der Waals surface area contributed by atoms with Crippen LogP contribution in [0.2, 0.25) is 0 Å². The molecule has 4 nitrogen and oxygen atoms in total. The van der Waals surface area contributed by atoms with E-state index in [4.69, 9.17) is 0 Å². The number of hydrazone groups is 1. The van der Waals surface area contributed by atoms with Gasteiger partial charge in [0.1, 0.15) is 0 Å². The minimum Gasteiger partial charge on any atom is -0.334 e. The molecular weight excluding hydrogens is 200 g/mol. The van der Waals surface area contributed by atoms with Gasteiger partial charge >= 0.3 is 0 Å². The maximum Gasteiger partial charge on any atom is 0.217 e. The van der Waals surface area contributed by atoms with Crippen molar-refractivity contribution in [3.05, 3.63) is 35.9 Å². The standard InChI is InChI=1S/C12H14N4/c1-15-12-13-7-8-16(12)9-11(14-15)10-5-3-2-4-6-10/h2-6H,7-9H2,1H3. The largest absolute Gasteiger partial charge is 0.334 e. The second-order valence-corrected chi connectivity index (χ2v) is 4.04.